The highest BCUT2D eigenvalue weighted by atomic mass is 16.5. The van der Waals surface area contributed by atoms with E-state index in [1.165, 1.54) is 13.0 Å². The lowest BCUT2D eigenvalue weighted by Crippen LogP contribution is -2.47. The van der Waals surface area contributed by atoms with Gasteiger partial charge in [-0.15, -0.1) is 0 Å². The number of rotatable bonds is 4. The number of anilines is 1. The van der Waals surface area contributed by atoms with Crippen molar-refractivity contribution in [3.05, 3.63) is 12.3 Å². The molecule has 1 saturated heterocycles. The summed E-state index contributed by atoms with van der Waals surface area (Å²) in [5, 5.41) is 0. The van der Waals surface area contributed by atoms with Crippen LogP contribution < -0.4 is 9.64 Å². The number of hydrogen-bond donors (Lipinski definition) is 0. The maximum Gasteiger partial charge on any atom is 0.228 e. The van der Waals surface area contributed by atoms with Gasteiger partial charge in [0.05, 0.1) is 7.11 Å². The summed E-state index contributed by atoms with van der Waals surface area (Å²) in [7, 11) is 1.63. The van der Waals surface area contributed by atoms with Gasteiger partial charge in [0.25, 0.3) is 0 Å². The van der Waals surface area contributed by atoms with Crippen LogP contribution in [0.25, 0.3) is 0 Å². The molecule has 0 aromatic carbocycles. The van der Waals surface area contributed by atoms with E-state index in [0.717, 1.165) is 32.1 Å². The second-order valence-corrected chi connectivity index (χ2v) is 4.23. The maximum absolute atomic E-state index is 5.12. The minimum atomic E-state index is 0.631. The molecule has 0 amide bonds. The molecule has 1 fully saturated rings. The lowest BCUT2D eigenvalue weighted by molar-refractivity contribution is 0.257. The van der Waals surface area contributed by atoms with Gasteiger partial charge in [-0.2, -0.15) is 4.98 Å². The van der Waals surface area contributed by atoms with Crippen LogP contribution in [-0.4, -0.2) is 54.7 Å². The molecule has 0 N–H and O–H groups in total. The predicted molar refractivity (Wildman–Crippen MR) is 67.5 cm³/mol. The molecule has 0 bridgehead atoms. The molecule has 0 radical (unpaired) electrons. The first-order valence-corrected chi connectivity index (χ1v) is 6.18. The fraction of sp³-hybridized carbons (Fsp3) is 0.667. The summed E-state index contributed by atoms with van der Waals surface area (Å²) in [5.41, 5.74) is 0. The summed E-state index contributed by atoms with van der Waals surface area (Å²) in [6.45, 7) is 7.58. The monoisotopic (exact) mass is 236 g/mol. The fourth-order valence-corrected chi connectivity index (χ4v) is 2.09. The van der Waals surface area contributed by atoms with E-state index in [9.17, 15) is 0 Å². The molecule has 0 aliphatic carbocycles. The Bertz CT molecular complexity index is 350. The van der Waals surface area contributed by atoms with Gasteiger partial charge >= 0.3 is 0 Å². The Kier molecular flexibility index (Phi) is 4.14. The molecule has 17 heavy (non-hydrogen) atoms. The highest BCUT2D eigenvalue weighted by Crippen LogP contribution is 2.14. The SMILES string of the molecule is CCCN1CCN(c2nccc(OC)n2)CC1. The van der Waals surface area contributed by atoms with Crippen molar-refractivity contribution in [2.45, 2.75) is 13.3 Å². The van der Waals surface area contributed by atoms with E-state index in [-0.39, 0.29) is 0 Å². The first kappa shape index (κ1) is 12.1. The van der Waals surface area contributed by atoms with E-state index in [1.54, 1.807) is 19.4 Å². The summed E-state index contributed by atoms with van der Waals surface area (Å²) in [6, 6.07) is 1.77. The first-order chi connectivity index (χ1) is 8.33. The molecule has 0 unspecified atom stereocenters. The fourth-order valence-electron chi connectivity index (χ4n) is 2.09. The van der Waals surface area contributed by atoms with Gasteiger partial charge in [0.15, 0.2) is 0 Å². The Hall–Kier alpha value is -1.36. The maximum atomic E-state index is 5.12. The van der Waals surface area contributed by atoms with E-state index >= 15 is 0 Å². The van der Waals surface area contributed by atoms with Crippen molar-refractivity contribution in [2.24, 2.45) is 0 Å². The largest absolute Gasteiger partial charge is 0.481 e. The van der Waals surface area contributed by atoms with Crippen LogP contribution in [0.4, 0.5) is 5.95 Å². The standard InChI is InChI=1S/C12H20N4O/c1-3-6-15-7-9-16(10-8-15)12-13-5-4-11(14-12)17-2/h4-5H,3,6-10H2,1-2H3. The minimum absolute atomic E-state index is 0.631. The van der Waals surface area contributed by atoms with Crippen molar-refractivity contribution in [1.82, 2.24) is 14.9 Å². The molecule has 2 rings (SSSR count). The Morgan fingerprint density at radius 2 is 2.06 bits per heavy atom. The molecular weight excluding hydrogens is 216 g/mol. The van der Waals surface area contributed by atoms with Crippen LogP contribution in [-0.2, 0) is 0 Å². The number of hydrogen-bond acceptors (Lipinski definition) is 5. The number of aromatic nitrogens is 2. The van der Waals surface area contributed by atoms with Gasteiger partial charge in [0.1, 0.15) is 0 Å². The molecule has 0 atom stereocenters. The zero-order chi connectivity index (χ0) is 12.1. The molecule has 1 aromatic heterocycles. The lowest BCUT2D eigenvalue weighted by atomic mass is 10.3. The van der Waals surface area contributed by atoms with Gasteiger partial charge in [0.2, 0.25) is 11.8 Å². The minimum Gasteiger partial charge on any atom is -0.481 e. The van der Waals surface area contributed by atoms with E-state index in [2.05, 4.69) is 26.7 Å². The third kappa shape index (κ3) is 3.06. The molecule has 0 saturated carbocycles. The average molecular weight is 236 g/mol. The van der Waals surface area contributed by atoms with Gasteiger partial charge in [0, 0.05) is 38.4 Å². The molecule has 94 valence electrons. The quantitative estimate of drug-likeness (QED) is 0.780. The summed E-state index contributed by atoms with van der Waals surface area (Å²) in [4.78, 5) is 13.4. The first-order valence-electron chi connectivity index (χ1n) is 6.18. The molecule has 0 spiro atoms. The van der Waals surface area contributed by atoms with Crippen LogP contribution in [0.1, 0.15) is 13.3 Å². The van der Waals surface area contributed by atoms with Crippen LogP contribution in [0, 0.1) is 0 Å². The third-order valence-corrected chi connectivity index (χ3v) is 3.02. The second kappa shape index (κ2) is 5.82. The van der Waals surface area contributed by atoms with Crippen molar-refractivity contribution in [2.75, 3.05) is 44.7 Å². The highest BCUT2D eigenvalue weighted by molar-refractivity contribution is 5.32. The number of methoxy groups -OCH3 is 1. The number of nitrogens with zero attached hydrogens (tertiary/aromatic N) is 4. The normalized spacial score (nSPS) is 17.2. The second-order valence-electron chi connectivity index (χ2n) is 4.23. The van der Waals surface area contributed by atoms with Crippen molar-refractivity contribution in [1.29, 1.82) is 0 Å². The van der Waals surface area contributed by atoms with Crippen LogP contribution in [0.5, 0.6) is 5.88 Å². The van der Waals surface area contributed by atoms with E-state index in [0.29, 0.717) is 5.88 Å². The van der Waals surface area contributed by atoms with Crippen LogP contribution in [0.3, 0.4) is 0 Å². The van der Waals surface area contributed by atoms with Gasteiger partial charge in [-0.25, -0.2) is 4.98 Å². The summed E-state index contributed by atoms with van der Waals surface area (Å²) in [5.74, 6) is 1.41. The molecule has 5 nitrogen and oxygen atoms in total. The Morgan fingerprint density at radius 3 is 2.71 bits per heavy atom. The molecule has 1 aliphatic rings. The third-order valence-electron chi connectivity index (χ3n) is 3.02. The van der Waals surface area contributed by atoms with Gasteiger partial charge < -0.3 is 9.64 Å². The van der Waals surface area contributed by atoms with Gasteiger partial charge in [-0.05, 0) is 13.0 Å². The van der Waals surface area contributed by atoms with Gasteiger partial charge in [-0.3, -0.25) is 4.90 Å². The molecular formula is C12H20N4O. The van der Waals surface area contributed by atoms with Crippen molar-refractivity contribution < 1.29 is 4.74 Å². The van der Waals surface area contributed by atoms with Crippen molar-refractivity contribution in [3.8, 4) is 5.88 Å². The lowest BCUT2D eigenvalue weighted by Gasteiger charge is -2.34. The summed E-state index contributed by atoms with van der Waals surface area (Å²) in [6.07, 6.45) is 2.97. The zero-order valence-corrected chi connectivity index (χ0v) is 10.6. The molecule has 5 heteroatoms. The van der Waals surface area contributed by atoms with Crippen LogP contribution in [0.15, 0.2) is 12.3 Å². The van der Waals surface area contributed by atoms with Crippen molar-refractivity contribution >= 4 is 5.95 Å². The Balaban J connectivity index is 1.95. The Labute approximate surface area is 102 Å². The number of ether oxygens (including phenoxy) is 1. The van der Waals surface area contributed by atoms with E-state index < -0.39 is 0 Å². The van der Waals surface area contributed by atoms with Crippen molar-refractivity contribution in [3.63, 3.8) is 0 Å². The van der Waals surface area contributed by atoms with E-state index in [1.807, 2.05) is 0 Å². The van der Waals surface area contributed by atoms with Crippen LogP contribution in [0.2, 0.25) is 0 Å². The molecule has 1 aliphatic heterocycles. The zero-order valence-electron chi connectivity index (χ0n) is 10.6. The van der Waals surface area contributed by atoms with Gasteiger partial charge in [-0.1, -0.05) is 6.92 Å². The predicted octanol–water partition coefficient (Wildman–Crippen LogP) is 1.02. The average Bonchev–Trinajstić information content (AvgIpc) is 2.40. The molecule has 1 aromatic rings. The summed E-state index contributed by atoms with van der Waals surface area (Å²) < 4.78 is 5.12. The topological polar surface area (TPSA) is 41.5 Å². The number of piperazine rings is 1. The Morgan fingerprint density at radius 1 is 1.29 bits per heavy atom. The highest BCUT2D eigenvalue weighted by Gasteiger charge is 2.18. The molecule has 2 heterocycles. The summed E-state index contributed by atoms with van der Waals surface area (Å²) >= 11 is 0. The van der Waals surface area contributed by atoms with E-state index in [4.69, 9.17) is 4.74 Å². The van der Waals surface area contributed by atoms with Crippen LogP contribution >= 0.6 is 0 Å². The smallest absolute Gasteiger partial charge is 0.228 e.